The summed E-state index contributed by atoms with van der Waals surface area (Å²) in [6, 6.07) is 15.1. The lowest BCUT2D eigenvalue weighted by atomic mass is 9.98. The first-order valence-electron chi connectivity index (χ1n) is 11.0. The van der Waals surface area contributed by atoms with Crippen molar-refractivity contribution < 1.29 is 24.2 Å². The second-order valence-corrected chi connectivity index (χ2v) is 8.76. The second-order valence-electron chi connectivity index (χ2n) is 8.76. The molecule has 2 aromatic carbocycles. The third-order valence-electron chi connectivity index (χ3n) is 6.08. The number of carbonyl (C=O) groups excluding carboxylic acids is 2. The molecule has 3 rings (SSSR count). The van der Waals surface area contributed by atoms with Crippen LogP contribution < -0.4 is 10.6 Å². The average molecular weight is 454 g/mol. The van der Waals surface area contributed by atoms with E-state index < -0.39 is 29.6 Å². The number of nitrogens with one attached hydrogen (secondary N) is 2. The predicted molar refractivity (Wildman–Crippen MR) is 125 cm³/mol. The summed E-state index contributed by atoms with van der Waals surface area (Å²) in [7, 11) is 3.52. The van der Waals surface area contributed by atoms with Crippen LogP contribution in [0.1, 0.15) is 37.3 Å². The van der Waals surface area contributed by atoms with Gasteiger partial charge in [0.05, 0.1) is 0 Å². The molecule has 0 spiro atoms. The molecule has 0 aliphatic heterocycles. The summed E-state index contributed by atoms with van der Waals surface area (Å²) in [5.41, 5.74) is 3.01. The minimum absolute atomic E-state index is 0.0975. The molecule has 0 heterocycles. The molecule has 2 amide bonds. The molecule has 0 bridgehead atoms. The number of aliphatic carboxylic acids is 1. The number of ether oxygens (including phenoxy) is 1. The highest BCUT2D eigenvalue weighted by Crippen LogP contribution is 2.44. The van der Waals surface area contributed by atoms with Crippen LogP contribution in [-0.2, 0) is 14.3 Å². The zero-order valence-electron chi connectivity index (χ0n) is 19.4. The van der Waals surface area contributed by atoms with Crippen LogP contribution in [0.5, 0.6) is 0 Å². The van der Waals surface area contributed by atoms with E-state index in [0.29, 0.717) is 0 Å². The van der Waals surface area contributed by atoms with Crippen LogP contribution in [0.25, 0.3) is 11.1 Å². The van der Waals surface area contributed by atoms with Crippen molar-refractivity contribution >= 4 is 18.0 Å². The number of hydrogen-bond acceptors (Lipinski definition) is 5. The van der Waals surface area contributed by atoms with E-state index in [9.17, 15) is 19.5 Å². The van der Waals surface area contributed by atoms with E-state index in [1.807, 2.05) is 36.4 Å². The number of benzene rings is 2. The van der Waals surface area contributed by atoms with E-state index in [0.717, 1.165) is 22.3 Å². The topological polar surface area (TPSA) is 108 Å². The Morgan fingerprint density at radius 3 is 2.09 bits per heavy atom. The maximum Gasteiger partial charge on any atom is 0.407 e. The van der Waals surface area contributed by atoms with Crippen molar-refractivity contribution in [3.8, 4) is 11.1 Å². The van der Waals surface area contributed by atoms with E-state index >= 15 is 0 Å². The van der Waals surface area contributed by atoms with E-state index in [4.69, 9.17) is 4.74 Å². The molecule has 8 nitrogen and oxygen atoms in total. The smallest absolute Gasteiger partial charge is 0.407 e. The molecule has 2 aromatic rings. The van der Waals surface area contributed by atoms with E-state index in [-0.39, 0.29) is 25.5 Å². The Bertz CT molecular complexity index is 993. The monoisotopic (exact) mass is 453 g/mol. The van der Waals surface area contributed by atoms with Crippen LogP contribution in [0, 0.1) is 0 Å². The first-order chi connectivity index (χ1) is 15.7. The SMILES string of the molecule is CCC(C)(NC(=O)[C@H](CN(C)C)NC(=O)OCC1c2ccccc2-c2ccccc21)C(=O)O. The number of carbonyl (C=O) groups is 3. The van der Waals surface area contributed by atoms with Crippen LogP contribution in [-0.4, -0.2) is 66.8 Å². The molecular formula is C25H31N3O5. The Morgan fingerprint density at radius 1 is 1.06 bits per heavy atom. The lowest BCUT2D eigenvalue weighted by Gasteiger charge is -2.29. The lowest BCUT2D eigenvalue weighted by molar-refractivity contribution is -0.147. The van der Waals surface area contributed by atoms with Crippen molar-refractivity contribution in [3.05, 3.63) is 59.7 Å². The first kappa shape index (κ1) is 24.3. The molecule has 8 heteroatoms. The Labute approximate surface area is 193 Å². The number of hydrogen-bond donors (Lipinski definition) is 3. The van der Waals surface area contributed by atoms with Crippen molar-refractivity contribution in [2.24, 2.45) is 0 Å². The molecule has 0 aromatic heterocycles. The van der Waals surface area contributed by atoms with Gasteiger partial charge in [0.2, 0.25) is 5.91 Å². The summed E-state index contributed by atoms with van der Waals surface area (Å²) in [4.78, 5) is 38.8. The van der Waals surface area contributed by atoms with E-state index in [1.54, 1.807) is 25.9 Å². The van der Waals surface area contributed by atoms with Crippen molar-refractivity contribution in [2.45, 2.75) is 37.8 Å². The van der Waals surface area contributed by atoms with Gasteiger partial charge in [-0.15, -0.1) is 0 Å². The second kappa shape index (κ2) is 10.0. The fourth-order valence-electron chi connectivity index (χ4n) is 3.99. The minimum atomic E-state index is -1.43. The molecule has 0 fully saturated rings. The Morgan fingerprint density at radius 2 is 1.61 bits per heavy atom. The van der Waals surface area contributed by atoms with Gasteiger partial charge < -0.3 is 25.4 Å². The van der Waals surface area contributed by atoms with E-state index in [1.165, 1.54) is 6.92 Å². The minimum Gasteiger partial charge on any atom is -0.480 e. The number of amides is 2. The molecule has 0 saturated heterocycles. The van der Waals surface area contributed by atoms with Crippen LogP contribution >= 0.6 is 0 Å². The third kappa shape index (κ3) is 5.34. The van der Waals surface area contributed by atoms with Crippen LogP contribution in [0.3, 0.4) is 0 Å². The van der Waals surface area contributed by atoms with Crippen molar-refractivity contribution in [1.82, 2.24) is 15.5 Å². The first-order valence-corrected chi connectivity index (χ1v) is 11.0. The fourth-order valence-corrected chi connectivity index (χ4v) is 3.99. The highest BCUT2D eigenvalue weighted by Gasteiger charge is 2.36. The molecule has 33 heavy (non-hydrogen) atoms. The summed E-state index contributed by atoms with van der Waals surface area (Å²) < 4.78 is 5.54. The largest absolute Gasteiger partial charge is 0.480 e. The standard InChI is InChI=1S/C25H31N3O5/c1-5-25(2,23(30)31)27-22(29)21(14-28(3)4)26-24(32)33-15-20-18-12-8-6-10-16(18)17-11-7-9-13-19(17)20/h6-13,20-21H,5,14-15H2,1-4H3,(H,26,32)(H,27,29)(H,30,31)/t21-,25?/m0/s1. The van der Waals surface area contributed by atoms with Gasteiger partial charge in [0.1, 0.15) is 18.2 Å². The van der Waals surface area contributed by atoms with Gasteiger partial charge in [-0.2, -0.15) is 0 Å². The molecule has 1 unspecified atom stereocenters. The number of carboxylic acid groups (broad SMARTS) is 1. The quantitative estimate of drug-likeness (QED) is 0.539. The van der Waals surface area contributed by atoms with Gasteiger partial charge in [-0.05, 0) is 49.7 Å². The Balaban J connectivity index is 1.69. The summed E-state index contributed by atoms with van der Waals surface area (Å²) >= 11 is 0. The Hall–Kier alpha value is -3.39. The predicted octanol–water partition coefficient (Wildman–Crippen LogP) is 2.82. The average Bonchev–Trinajstić information content (AvgIpc) is 3.10. The molecule has 1 aliphatic rings. The number of rotatable bonds is 9. The highest BCUT2D eigenvalue weighted by molar-refractivity contribution is 5.91. The van der Waals surface area contributed by atoms with Gasteiger partial charge >= 0.3 is 12.1 Å². The van der Waals surface area contributed by atoms with Gasteiger partial charge in [0.25, 0.3) is 0 Å². The van der Waals surface area contributed by atoms with Crippen LogP contribution in [0.15, 0.2) is 48.5 Å². The number of nitrogens with zero attached hydrogens (tertiary/aromatic N) is 1. The highest BCUT2D eigenvalue weighted by atomic mass is 16.5. The van der Waals surface area contributed by atoms with Crippen LogP contribution in [0.2, 0.25) is 0 Å². The molecule has 176 valence electrons. The molecule has 0 saturated carbocycles. The van der Waals surface area contributed by atoms with Crippen molar-refractivity contribution in [3.63, 3.8) is 0 Å². The van der Waals surface area contributed by atoms with Gasteiger partial charge in [-0.3, -0.25) is 4.79 Å². The molecule has 2 atom stereocenters. The summed E-state index contributed by atoms with van der Waals surface area (Å²) in [5.74, 6) is -1.81. The molecule has 3 N–H and O–H groups in total. The Kier molecular flexibility index (Phi) is 7.38. The van der Waals surface area contributed by atoms with Gasteiger partial charge in [-0.25, -0.2) is 9.59 Å². The number of fused-ring (bicyclic) bond motifs is 3. The normalized spacial score (nSPS) is 15.2. The summed E-state index contributed by atoms with van der Waals surface area (Å²) in [5, 5.41) is 14.6. The van der Waals surface area contributed by atoms with Gasteiger partial charge in [0, 0.05) is 12.5 Å². The number of alkyl carbamates (subject to hydrolysis) is 1. The number of likely N-dealkylation sites (N-methyl/N-ethyl adjacent to an activating group) is 1. The summed E-state index contributed by atoms with van der Waals surface area (Å²) in [6.45, 7) is 3.43. The third-order valence-corrected chi connectivity index (χ3v) is 6.08. The van der Waals surface area contributed by atoms with Gasteiger partial charge in [0.15, 0.2) is 0 Å². The molecular weight excluding hydrogens is 422 g/mol. The molecule has 0 radical (unpaired) electrons. The van der Waals surface area contributed by atoms with Crippen molar-refractivity contribution in [2.75, 3.05) is 27.2 Å². The lowest BCUT2D eigenvalue weighted by Crippen LogP contribution is -2.59. The maximum atomic E-state index is 12.8. The van der Waals surface area contributed by atoms with E-state index in [2.05, 4.69) is 22.8 Å². The zero-order valence-corrected chi connectivity index (χ0v) is 19.4. The number of carboxylic acids is 1. The zero-order chi connectivity index (χ0) is 24.2. The fraction of sp³-hybridized carbons (Fsp3) is 0.400. The summed E-state index contributed by atoms with van der Waals surface area (Å²) in [6.07, 6.45) is -0.527. The van der Waals surface area contributed by atoms with Crippen LogP contribution in [0.4, 0.5) is 4.79 Å². The maximum absolute atomic E-state index is 12.8. The molecule has 1 aliphatic carbocycles. The van der Waals surface area contributed by atoms with Gasteiger partial charge in [-0.1, -0.05) is 55.5 Å². The van der Waals surface area contributed by atoms with Crippen molar-refractivity contribution in [1.29, 1.82) is 0 Å².